The van der Waals surface area contributed by atoms with Crippen LogP contribution >= 0.6 is 11.6 Å². The van der Waals surface area contributed by atoms with E-state index in [-0.39, 0.29) is 39.2 Å². The molecule has 1 N–H and O–H groups in total. The van der Waals surface area contributed by atoms with Gasteiger partial charge in [0.15, 0.2) is 11.5 Å². The Kier molecular flexibility index (Phi) is 11.0. The van der Waals surface area contributed by atoms with Gasteiger partial charge in [-0.05, 0) is 50.2 Å². The number of nitrogens with zero attached hydrogens (tertiary/aromatic N) is 2. The number of amides is 2. The number of ether oxygens (including phenoxy) is 3. The number of hydrogen-bond donors (Lipinski definition) is 1. The lowest BCUT2D eigenvalue weighted by molar-refractivity contribution is -0.139. The van der Waals surface area contributed by atoms with E-state index in [9.17, 15) is 22.4 Å². The first kappa shape index (κ1) is 32.5. The van der Waals surface area contributed by atoms with E-state index in [2.05, 4.69) is 5.32 Å². The average Bonchev–Trinajstić information content (AvgIpc) is 2.98. The zero-order valence-electron chi connectivity index (χ0n) is 23.9. The first-order valence-corrected chi connectivity index (χ1v) is 14.7. The van der Waals surface area contributed by atoms with Crippen molar-refractivity contribution < 1.29 is 36.6 Å². The Labute approximate surface area is 250 Å². The van der Waals surface area contributed by atoms with Gasteiger partial charge in [-0.1, -0.05) is 29.8 Å². The van der Waals surface area contributed by atoms with E-state index >= 15 is 0 Å². The lowest BCUT2D eigenvalue weighted by Crippen LogP contribution is -2.51. The number of sulfonamides is 1. The lowest BCUT2D eigenvalue weighted by atomic mass is 10.1. The van der Waals surface area contributed by atoms with Crippen molar-refractivity contribution in [2.75, 3.05) is 38.7 Å². The largest absolute Gasteiger partial charge is 0.495 e. The van der Waals surface area contributed by atoms with Crippen LogP contribution in [0.25, 0.3) is 0 Å². The molecule has 0 unspecified atom stereocenters. The topological polar surface area (TPSA) is 114 Å². The molecule has 0 aliphatic carbocycles. The van der Waals surface area contributed by atoms with Crippen molar-refractivity contribution in [3.63, 3.8) is 0 Å². The van der Waals surface area contributed by atoms with Crippen molar-refractivity contribution in [1.82, 2.24) is 10.2 Å². The van der Waals surface area contributed by atoms with E-state index in [0.717, 1.165) is 9.21 Å². The second kappa shape index (κ2) is 14.2. The van der Waals surface area contributed by atoms with Gasteiger partial charge in [-0.15, -0.1) is 0 Å². The van der Waals surface area contributed by atoms with Crippen LogP contribution in [0.2, 0.25) is 5.02 Å². The molecule has 3 rings (SSSR count). The van der Waals surface area contributed by atoms with E-state index in [1.54, 1.807) is 13.0 Å². The second-order valence-corrected chi connectivity index (χ2v) is 11.3. The minimum atomic E-state index is -4.49. The smallest absolute Gasteiger partial charge is 0.265 e. The summed E-state index contributed by atoms with van der Waals surface area (Å²) in [6.45, 7) is 2.43. The number of nitrogens with one attached hydrogen (secondary N) is 1. The van der Waals surface area contributed by atoms with Crippen molar-refractivity contribution in [1.29, 1.82) is 0 Å². The van der Waals surface area contributed by atoms with Crippen LogP contribution in [-0.4, -0.2) is 65.6 Å². The van der Waals surface area contributed by atoms with E-state index < -0.39 is 40.2 Å². The summed E-state index contributed by atoms with van der Waals surface area (Å²) in [5, 5.41) is 2.83. The molecule has 0 saturated carbocycles. The van der Waals surface area contributed by atoms with Crippen LogP contribution in [0.4, 0.5) is 10.1 Å². The van der Waals surface area contributed by atoms with Crippen molar-refractivity contribution in [3.05, 3.63) is 77.1 Å². The molecule has 10 nitrogen and oxygen atoms in total. The molecule has 42 heavy (non-hydrogen) atoms. The maximum atomic E-state index is 14.6. The molecule has 0 aliphatic rings. The summed E-state index contributed by atoms with van der Waals surface area (Å²) in [5.74, 6) is -1.28. The molecule has 0 saturated heterocycles. The first-order chi connectivity index (χ1) is 20.0. The molecule has 0 aromatic heterocycles. The van der Waals surface area contributed by atoms with Gasteiger partial charge in [0.2, 0.25) is 11.8 Å². The predicted octanol–water partition coefficient (Wildman–Crippen LogP) is 4.25. The van der Waals surface area contributed by atoms with Gasteiger partial charge in [-0.2, -0.15) is 0 Å². The van der Waals surface area contributed by atoms with Crippen LogP contribution in [0.3, 0.4) is 0 Å². The van der Waals surface area contributed by atoms with Crippen LogP contribution in [0.1, 0.15) is 19.4 Å². The summed E-state index contributed by atoms with van der Waals surface area (Å²) in [5.41, 5.74) is 0.126. The molecule has 3 aromatic rings. The number of likely N-dealkylation sites (N-methyl/N-ethyl adjacent to an activating group) is 1. The monoisotopic (exact) mass is 621 g/mol. The van der Waals surface area contributed by atoms with Crippen molar-refractivity contribution in [2.24, 2.45) is 0 Å². The van der Waals surface area contributed by atoms with Crippen LogP contribution in [-0.2, 0) is 26.2 Å². The molecule has 2 amide bonds. The van der Waals surface area contributed by atoms with Crippen molar-refractivity contribution in [3.8, 4) is 17.2 Å². The molecule has 1 atom stereocenters. The van der Waals surface area contributed by atoms with Gasteiger partial charge in [-0.25, -0.2) is 12.8 Å². The third-order valence-corrected chi connectivity index (χ3v) is 8.44. The standard InChI is InChI=1S/C29H33ClFN3O7S/c1-6-32-29(36)19(2)33(17-20-9-7-8-10-23(20)31)28(35)18-34(24-15-21(30)11-13-25(24)39-3)42(37,38)22-12-14-26(40-4)27(16-22)41-5/h7-16,19H,6,17-18H2,1-5H3,(H,32,36)/t19-/m0/s1. The Bertz CT molecular complexity index is 1540. The predicted molar refractivity (Wildman–Crippen MR) is 157 cm³/mol. The Hall–Kier alpha value is -4.03. The Morgan fingerprint density at radius 2 is 1.60 bits per heavy atom. The van der Waals surface area contributed by atoms with E-state index in [1.165, 1.54) is 82.9 Å². The number of carbonyl (C=O) groups is 2. The summed E-state index contributed by atoms with van der Waals surface area (Å²) in [6, 6.07) is 13.1. The molecular weight excluding hydrogens is 589 g/mol. The zero-order chi connectivity index (χ0) is 31.0. The van der Waals surface area contributed by atoms with Crippen LogP contribution in [0, 0.1) is 5.82 Å². The highest BCUT2D eigenvalue weighted by Gasteiger charge is 2.34. The Balaban J connectivity index is 2.16. The Morgan fingerprint density at radius 3 is 2.21 bits per heavy atom. The fourth-order valence-corrected chi connectivity index (χ4v) is 5.79. The fraction of sp³-hybridized carbons (Fsp3) is 0.310. The van der Waals surface area contributed by atoms with E-state index in [1.807, 2.05) is 0 Å². The van der Waals surface area contributed by atoms with Gasteiger partial charge >= 0.3 is 0 Å². The van der Waals surface area contributed by atoms with Gasteiger partial charge in [0.25, 0.3) is 10.0 Å². The van der Waals surface area contributed by atoms with Gasteiger partial charge in [0.1, 0.15) is 24.2 Å². The quantitative estimate of drug-likeness (QED) is 0.303. The maximum absolute atomic E-state index is 14.6. The molecule has 0 fully saturated rings. The summed E-state index contributed by atoms with van der Waals surface area (Å²) in [4.78, 5) is 27.7. The Morgan fingerprint density at radius 1 is 0.952 bits per heavy atom. The molecule has 3 aromatic carbocycles. The molecular formula is C29H33ClFN3O7S. The minimum Gasteiger partial charge on any atom is -0.495 e. The maximum Gasteiger partial charge on any atom is 0.265 e. The number of hydrogen-bond acceptors (Lipinski definition) is 7. The van der Waals surface area contributed by atoms with Gasteiger partial charge in [0.05, 0.1) is 31.9 Å². The van der Waals surface area contributed by atoms with E-state index in [4.69, 9.17) is 25.8 Å². The number of carbonyl (C=O) groups excluding carboxylic acids is 2. The molecule has 0 radical (unpaired) electrons. The van der Waals surface area contributed by atoms with Crippen LogP contribution in [0.5, 0.6) is 17.2 Å². The highest BCUT2D eigenvalue weighted by Crippen LogP contribution is 2.37. The van der Waals surface area contributed by atoms with Crippen LogP contribution < -0.4 is 23.8 Å². The molecule has 0 spiro atoms. The summed E-state index contributed by atoms with van der Waals surface area (Å²) in [6.07, 6.45) is 0. The highest BCUT2D eigenvalue weighted by molar-refractivity contribution is 7.92. The number of methoxy groups -OCH3 is 3. The number of rotatable bonds is 13. The number of benzene rings is 3. The summed E-state index contributed by atoms with van der Waals surface area (Å²) >= 11 is 6.25. The molecule has 0 bridgehead atoms. The summed E-state index contributed by atoms with van der Waals surface area (Å²) < 4.78 is 59.8. The fourth-order valence-electron chi connectivity index (χ4n) is 4.19. The normalized spacial score (nSPS) is 11.8. The molecule has 13 heteroatoms. The SMILES string of the molecule is CCNC(=O)[C@H](C)N(Cc1ccccc1F)C(=O)CN(c1cc(Cl)ccc1OC)S(=O)(=O)c1ccc(OC)c(OC)c1. The van der Waals surface area contributed by atoms with Gasteiger partial charge < -0.3 is 24.4 Å². The average molecular weight is 622 g/mol. The lowest BCUT2D eigenvalue weighted by Gasteiger charge is -2.32. The van der Waals surface area contributed by atoms with Gasteiger partial charge in [-0.3, -0.25) is 13.9 Å². The molecule has 226 valence electrons. The van der Waals surface area contributed by atoms with Crippen LogP contribution in [0.15, 0.2) is 65.6 Å². The molecule has 0 heterocycles. The van der Waals surface area contributed by atoms with Gasteiger partial charge in [0, 0.05) is 29.7 Å². The first-order valence-electron chi connectivity index (χ1n) is 12.9. The second-order valence-electron chi connectivity index (χ2n) is 9.03. The van der Waals surface area contributed by atoms with Crippen molar-refractivity contribution in [2.45, 2.75) is 31.3 Å². The number of halogens is 2. The highest BCUT2D eigenvalue weighted by atomic mass is 35.5. The minimum absolute atomic E-state index is 0.0235. The zero-order valence-corrected chi connectivity index (χ0v) is 25.5. The van der Waals surface area contributed by atoms with E-state index in [0.29, 0.717) is 12.3 Å². The third kappa shape index (κ3) is 7.24. The van der Waals surface area contributed by atoms with Crippen molar-refractivity contribution >= 4 is 39.1 Å². The summed E-state index contributed by atoms with van der Waals surface area (Å²) in [7, 11) is -0.375. The number of anilines is 1. The molecule has 0 aliphatic heterocycles. The third-order valence-electron chi connectivity index (χ3n) is 6.45.